The van der Waals surface area contributed by atoms with Crippen LogP contribution < -0.4 is 5.32 Å². The van der Waals surface area contributed by atoms with E-state index >= 15 is 0 Å². The Labute approximate surface area is 169 Å². The summed E-state index contributed by atoms with van der Waals surface area (Å²) in [5.74, 6) is -0.727. The van der Waals surface area contributed by atoms with Gasteiger partial charge in [-0.15, -0.1) is 0 Å². The number of nitrogens with one attached hydrogen (secondary N) is 1. The van der Waals surface area contributed by atoms with Crippen molar-refractivity contribution in [2.45, 2.75) is 89.5 Å². The van der Waals surface area contributed by atoms with Gasteiger partial charge in [0.05, 0.1) is 0 Å². The van der Waals surface area contributed by atoms with Crippen LogP contribution in [0.5, 0.6) is 0 Å². The molecule has 5 nitrogen and oxygen atoms in total. The molecule has 1 rings (SSSR count). The lowest BCUT2D eigenvalue weighted by molar-refractivity contribution is -0.137. The van der Waals surface area contributed by atoms with E-state index in [1.165, 1.54) is 0 Å². The van der Waals surface area contributed by atoms with Gasteiger partial charge in [-0.1, -0.05) is 69.6 Å². The molecule has 0 saturated heterocycles. The van der Waals surface area contributed by atoms with Crippen LogP contribution in [0.2, 0.25) is 0 Å². The van der Waals surface area contributed by atoms with Gasteiger partial charge in [-0.25, -0.2) is 0 Å². The quantitative estimate of drug-likeness (QED) is 0.329. The summed E-state index contributed by atoms with van der Waals surface area (Å²) in [4.78, 5) is 23.0. The number of aliphatic hydroxyl groups excluding tert-OH is 1. The number of aliphatic hydroxyl groups is 1. The summed E-state index contributed by atoms with van der Waals surface area (Å²) in [6.07, 6.45) is 12.4. The molecule has 3 N–H and O–H groups in total. The van der Waals surface area contributed by atoms with Crippen LogP contribution in [0.15, 0.2) is 30.3 Å². The number of hydrogen-bond acceptors (Lipinski definition) is 3. The molecule has 0 heterocycles. The minimum Gasteiger partial charge on any atom is -0.481 e. The van der Waals surface area contributed by atoms with Gasteiger partial charge < -0.3 is 15.5 Å². The van der Waals surface area contributed by atoms with Gasteiger partial charge in [0.15, 0.2) is 0 Å². The van der Waals surface area contributed by atoms with Gasteiger partial charge in [0.25, 0.3) is 5.91 Å². The van der Waals surface area contributed by atoms with Gasteiger partial charge >= 0.3 is 5.97 Å². The van der Waals surface area contributed by atoms with Gasteiger partial charge in [-0.2, -0.15) is 0 Å². The summed E-state index contributed by atoms with van der Waals surface area (Å²) in [5.41, 5.74) is 0.698. The summed E-state index contributed by atoms with van der Waals surface area (Å²) in [6, 6.07) is 9.52. The van der Waals surface area contributed by atoms with Crippen molar-refractivity contribution >= 4 is 11.9 Å². The molecular formula is C23H37NO4. The predicted octanol–water partition coefficient (Wildman–Crippen LogP) is 4.93. The van der Waals surface area contributed by atoms with Gasteiger partial charge in [0.2, 0.25) is 0 Å². The van der Waals surface area contributed by atoms with Crippen LogP contribution in [0, 0.1) is 0 Å². The Hall–Kier alpha value is -1.88. The highest BCUT2D eigenvalue weighted by Crippen LogP contribution is 2.15. The molecule has 0 aliphatic heterocycles. The Balaban J connectivity index is 2.33. The zero-order valence-corrected chi connectivity index (χ0v) is 17.1. The zero-order chi connectivity index (χ0) is 20.5. The molecule has 1 aromatic carbocycles. The van der Waals surface area contributed by atoms with E-state index in [9.17, 15) is 9.59 Å². The highest BCUT2D eigenvalue weighted by atomic mass is 16.4. The second kappa shape index (κ2) is 16.1. The number of amides is 1. The van der Waals surface area contributed by atoms with E-state index < -0.39 is 5.97 Å². The first-order valence-corrected chi connectivity index (χ1v) is 10.8. The van der Waals surface area contributed by atoms with Crippen LogP contribution in [-0.4, -0.2) is 34.7 Å². The second-order valence-electron chi connectivity index (χ2n) is 7.52. The maximum Gasteiger partial charge on any atom is 0.303 e. The summed E-state index contributed by atoms with van der Waals surface area (Å²) in [7, 11) is 0. The maximum atomic E-state index is 12.5. The number of aliphatic carboxylic acids is 1. The fraction of sp³-hybridized carbons (Fsp3) is 0.652. The molecule has 0 spiro atoms. The Bertz CT molecular complexity index is 533. The maximum absolute atomic E-state index is 12.5. The highest BCUT2D eigenvalue weighted by Gasteiger charge is 2.13. The third kappa shape index (κ3) is 12.5. The Morgan fingerprint density at radius 1 is 0.786 bits per heavy atom. The standard InChI is InChI=1S/C23H37NO4/c25-19-13-6-2-4-11-17-21(16-10-3-1-5-12-18-22(26)27)24-23(28)20-14-8-7-9-15-20/h7-9,14-15,21,25H,1-6,10-13,16-19H2,(H,24,28)(H,26,27). The first-order valence-electron chi connectivity index (χ1n) is 10.8. The minimum atomic E-state index is -0.720. The first-order chi connectivity index (χ1) is 13.6. The van der Waals surface area contributed by atoms with Crippen molar-refractivity contribution in [3.8, 4) is 0 Å². The smallest absolute Gasteiger partial charge is 0.303 e. The molecule has 0 aliphatic carbocycles. The van der Waals surface area contributed by atoms with Crippen molar-refractivity contribution in [1.29, 1.82) is 0 Å². The van der Waals surface area contributed by atoms with Crippen LogP contribution in [0.3, 0.4) is 0 Å². The van der Waals surface area contributed by atoms with Crippen molar-refractivity contribution in [1.82, 2.24) is 5.32 Å². The molecule has 158 valence electrons. The lowest BCUT2D eigenvalue weighted by Gasteiger charge is -2.19. The molecule has 0 fully saturated rings. The van der Waals surface area contributed by atoms with Crippen molar-refractivity contribution in [2.75, 3.05) is 6.61 Å². The fourth-order valence-corrected chi connectivity index (χ4v) is 3.38. The molecule has 0 aliphatic rings. The first kappa shape index (κ1) is 24.2. The third-order valence-corrected chi connectivity index (χ3v) is 5.03. The monoisotopic (exact) mass is 391 g/mol. The molecule has 1 atom stereocenters. The van der Waals surface area contributed by atoms with Crippen molar-refractivity contribution in [2.24, 2.45) is 0 Å². The summed E-state index contributed by atoms with van der Waals surface area (Å²) < 4.78 is 0. The Morgan fingerprint density at radius 2 is 1.32 bits per heavy atom. The van der Waals surface area contributed by atoms with E-state index in [0.717, 1.165) is 77.0 Å². The largest absolute Gasteiger partial charge is 0.481 e. The van der Waals surface area contributed by atoms with Gasteiger partial charge in [-0.3, -0.25) is 9.59 Å². The number of carbonyl (C=O) groups is 2. The van der Waals surface area contributed by atoms with Crippen LogP contribution in [0.4, 0.5) is 0 Å². The fourth-order valence-electron chi connectivity index (χ4n) is 3.38. The lowest BCUT2D eigenvalue weighted by Crippen LogP contribution is -2.34. The van der Waals surface area contributed by atoms with Crippen molar-refractivity contribution in [3.63, 3.8) is 0 Å². The molecule has 0 bridgehead atoms. The third-order valence-electron chi connectivity index (χ3n) is 5.03. The molecule has 0 saturated carbocycles. The summed E-state index contributed by atoms with van der Waals surface area (Å²) in [6.45, 7) is 0.266. The average Bonchev–Trinajstić information content (AvgIpc) is 2.69. The van der Waals surface area contributed by atoms with E-state index in [2.05, 4.69) is 5.32 Å². The number of unbranched alkanes of at least 4 members (excludes halogenated alkanes) is 8. The second-order valence-corrected chi connectivity index (χ2v) is 7.52. The molecule has 0 radical (unpaired) electrons. The Kier molecular flexibility index (Phi) is 13.9. The molecule has 1 amide bonds. The van der Waals surface area contributed by atoms with Crippen LogP contribution in [-0.2, 0) is 4.79 Å². The van der Waals surface area contributed by atoms with Crippen molar-refractivity contribution in [3.05, 3.63) is 35.9 Å². The number of rotatable bonds is 17. The van der Waals surface area contributed by atoms with Crippen LogP contribution in [0.25, 0.3) is 0 Å². The summed E-state index contributed by atoms with van der Waals surface area (Å²) in [5, 5.41) is 20.7. The van der Waals surface area contributed by atoms with E-state index in [-0.39, 0.29) is 25.0 Å². The van der Waals surface area contributed by atoms with E-state index in [1.807, 2.05) is 30.3 Å². The molecule has 0 aromatic heterocycles. The van der Waals surface area contributed by atoms with E-state index in [0.29, 0.717) is 5.56 Å². The number of hydrogen-bond donors (Lipinski definition) is 3. The molecule has 5 heteroatoms. The topological polar surface area (TPSA) is 86.6 Å². The normalized spacial score (nSPS) is 11.9. The van der Waals surface area contributed by atoms with Crippen LogP contribution in [0.1, 0.15) is 93.8 Å². The number of carbonyl (C=O) groups excluding carboxylic acids is 1. The lowest BCUT2D eigenvalue weighted by atomic mass is 9.99. The SMILES string of the molecule is O=C(O)CCCCCCCC(CCCCCCCO)NC(=O)c1ccccc1. The number of carboxylic acid groups (broad SMARTS) is 1. The van der Waals surface area contributed by atoms with Crippen molar-refractivity contribution < 1.29 is 19.8 Å². The van der Waals surface area contributed by atoms with E-state index in [1.54, 1.807) is 0 Å². The van der Waals surface area contributed by atoms with Gasteiger partial charge in [0, 0.05) is 24.6 Å². The highest BCUT2D eigenvalue weighted by molar-refractivity contribution is 5.94. The van der Waals surface area contributed by atoms with Crippen LogP contribution >= 0.6 is 0 Å². The van der Waals surface area contributed by atoms with E-state index in [4.69, 9.17) is 10.2 Å². The van der Waals surface area contributed by atoms with Gasteiger partial charge in [0.1, 0.15) is 0 Å². The van der Waals surface area contributed by atoms with Gasteiger partial charge in [-0.05, 0) is 37.8 Å². The Morgan fingerprint density at radius 3 is 1.89 bits per heavy atom. The number of carboxylic acids is 1. The molecule has 1 unspecified atom stereocenters. The predicted molar refractivity (Wildman–Crippen MR) is 112 cm³/mol. The molecular weight excluding hydrogens is 354 g/mol. The number of benzene rings is 1. The average molecular weight is 392 g/mol. The molecule has 28 heavy (non-hydrogen) atoms. The minimum absolute atomic E-state index is 0.00709. The zero-order valence-electron chi connectivity index (χ0n) is 17.1. The summed E-state index contributed by atoms with van der Waals surface area (Å²) >= 11 is 0. The molecule has 1 aromatic rings.